The van der Waals surface area contributed by atoms with Gasteiger partial charge in [-0.25, -0.2) is 0 Å². The molecule has 3 heterocycles. The quantitative estimate of drug-likeness (QED) is 0.0227. The van der Waals surface area contributed by atoms with Gasteiger partial charge in [0.15, 0.2) is 18.9 Å². The van der Waals surface area contributed by atoms with E-state index in [4.69, 9.17) is 28.4 Å². The maximum atomic E-state index is 12.9. The van der Waals surface area contributed by atoms with Crippen LogP contribution in [-0.4, -0.2) is 193 Å². The Kier molecular flexibility index (Phi) is 40.9. The lowest BCUT2D eigenvalue weighted by Crippen LogP contribution is -2.66. The molecule has 3 aliphatic rings. The maximum Gasteiger partial charge on any atom is 0.220 e. The van der Waals surface area contributed by atoms with Crippen LogP contribution in [0.4, 0.5) is 0 Å². The summed E-state index contributed by atoms with van der Waals surface area (Å²) in [5.74, 6) is -0.298. The summed E-state index contributed by atoms with van der Waals surface area (Å²) in [6, 6.07) is -0.964. The first-order valence-corrected chi connectivity index (χ1v) is 31.9. The average molecular weight is 1150 g/mol. The second-order valence-corrected chi connectivity index (χ2v) is 23.2. The van der Waals surface area contributed by atoms with Gasteiger partial charge in [-0.05, 0) is 19.3 Å². The van der Waals surface area contributed by atoms with Gasteiger partial charge in [0.05, 0.1) is 38.6 Å². The predicted octanol–water partition coefficient (Wildman–Crippen LogP) is 6.55. The summed E-state index contributed by atoms with van der Waals surface area (Å²) in [5.41, 5.74) is 0. The third-order valence-corrected chi connectivity index (χ3v) is 16.3. The topological polar surface area (TPSA) is 307 Å². The fraction of sp³-hybridized carbons (Fsp3) is 0.951. The van der Waals surface area contributed by atoms with Crippen LogP contribution in [0.25, 0.3) is 0 Å². The van der Waals surface area contributed by atoms with Crippen molar-refractivity contribution < 1.29 is 89.4 Å². The van der Waals surface area contributed by atoms with Gasteiger partial charge in [-0.3, -0.25) is 4.79 Å². The minimum Gasteiger partial charge on any atom is -0.394 e. The van der Waals surface area contributed by atoms with Crippen molar-refractivity contribution in [2.75, 3.05) is 26.4 Å². The lowest BCUT2D eigenvalue weighted by Gasteiger charge is -2.48. The summed E-state index contributed by atoms with van der Waals surface area (Å²) in [5, 5.41) is 119. The number of hydrogen-bond acceptors (Lipinski definition) is 18. The zero-order valence-electron chi connectivity index (χ0n) is 49.3. The maximum absolute atomic E-state index is 12.9. The molecule has 80 heavy (non-hydrogen) atoms. The van der Waals surface area contributed by atoms with Crippen LogP contribution in [0.5, 0.6) is 0 Å². The summed E-state index contributed by atoms with van der Waals surface area (Å²) in [4.78, 5) is 12.9. The average Bonchev–Trinajstić information content (AvgIpc) is 3.47. The number of ether oxygens (including phenoxy) is 6. The third-order valence-electron chi connectivity index (χ3n) is 16.3. The Hall–Kier alpha value is -1.47. The highest BCUT2D eigenvalue weighted by Crippen LogP contribution is 2.33. The van der Waals surface area contributed by atoms with E-state index in [1.54, 1.807) is 6.08 Å². The van der Waals surface area contributed by atoms with Crippen molar-refractivity contribution in [3.8, 4) is 0 Å². The number of allylic oxidation sites excluding steroid dienone is 1. The van der Waals surface area contributed by atoms with E-state index in [1.165, 1.54) is 173 Å². The first-order valence-electron chi connectivity index (χ1n) is 31.9. The second kappa shape index (κ2) is 44.9. The van der Waals surface area contributed by atoms with Crippen LogP contribution in [0.2, 0.25) is 0 Å². The minimum absolute atomic E-state index is 0.231. The number of aliphatic hydroxyl groups is 11. The lowest BCUT2D eigenvalue weighted by molar-refractivity contribution is -0.379. The Morgan fingerprint density at radius 2 is 0.775 bits per heavy atom. The SMILES string of the molecule is CCCCCCCCCCCCCCCCCCCCCCCCCCCCCCCC/C=C/C(O)C(COC1OC(CO)C(OC2OC(CO)C(OC3OC(CO)C(O)C(O)C3O)C(O)C2O)C(O)C1O)NC(=O)CCCCC. The van der Waals surface area contributed by atoms with Gasteiger partial charge in [0, 0.05) is 6.42 Å². The van der Waals surface area contributed by atoms with Gasteiger partial charge >= 0.3 is 0 Å². The van der Waals surface area contributed by atoms with Gasteiger partial charge < -0.3 is 89.9 Å². The molecule has 17 atom stereocenters. The van der Waals surface area contributed by atoms with Crippen LogP contribution in [0.1, 0.15) is 239 Å². The van der Waals surface area contributed by atoms with E-state index in [2.05, 4.69) is 12.2 Å². The Morgan fingerprint density at radius 3 is 1.18 bits per heavy atom. The molecular formula is C61H115NO18. The molecule has 1 amide bonds. The van der Waals surface area contributed by atoms with E-state index in [0.717, 1.165) is 38.5 Å². The molecule has 0 aromatic carbocycles. The van der Waals surface area contributed by atoms with Gasteiger partial charge in [0.1, 0.15) is 73.2 Å². The van der Waals surface area contributed by atoms with Crippen LogP contribution < -0.4 is 5.32 Å². The van der Waals surface area contributed by atoms with E-state index in [9.17, 15) is 61.0 Å². The van der Waals surface area contributed by atoms with Crippen LogP contribution in [0.15, 0.2) is 12.2 Å². The van der Waals surface area contributed by atoms with Crippen LogP contribution in [0, 0.1) is 0 Å². The standard InChI is InChI=1S/C61H115NO18/c1-3-5-7-8-9-10-11-12-13-14-15-16-17-18-19-20-21-22-23-24-25-26-27-28-29-30-31-32-33-34-35-37-38-45(66)44(62-49(67)39-36-6-4-2)43-75-59-55(73)52(70)57(47(41-64)77-59)80-61-56(74)53(71)58(48(42-65)78-61)79-60-54(72)51(69)50(68)46(40-63)76-60/h37-38,44-48,50-61,63-66,68-74H,3-36,39-43H2,1-2H3,(H,62,67)/b38-37+. The third kappa shape index (κ3) is 28.2. The highest BCUT2D eigenvalue weighted by Gasteiger charge is 2.53. The first-order chi connectivity index (χ1) is 38.8. The second-order valence-electron chi connectivity index (χ2n) is 23.2. The normalized spacial score (nSPS) is 30.0. The van der Waals surface area contributed by atoms with Gasteiger partial charge in [-0.1, -0.05) is 225 Å². The number of amides is 1. The highest BCUT2D eigenvalue weighted by molar-refractivity contribution is 5.76. The van der Waals surface area contributed by atoms with Crippen LogP contribution in [-0.2, 0) is 33.2 Å². The monoisotopic (exact) mass is 1150 g/mol. The number of nitrogens with one attached hydrogen (secondary N) is 1. The molecule has 0 aromatic heterocycles. The molecule has 19 heteroatoms. The van der Waals surface area contributed by atoms with Crippen molar-refractivity contribution in [3.63, 3.8) is 0 Å². The van der Waals surface area contributed by atoms with Crippen molar-refractivity contribution in [3.05, 3.63) is 12.2 Å². The predicted molar refractivity (Wildman–Crippen MR) is 305 cm³/mol. The number of rotatable bonds is 48. The van der Waals surface area contributed by atoms with Crippen molar-refractivity contribution in [2.24, 2.45) is 0 Å². The summed E-state index contributed by atoms with van der Waals surface area (Å²) in [6.07, 6.45) is 20.7. The Bertz CT molecular complexity index is 1510. The zero-order chi connectivity index (χ0) is 58.3. The van der Waals surface area contributed by atoms with E-state index in [-0.39, 0.29) is 18.9 Å². The van der Waals surface area contributed by atoms with E-state index in [1.807, 2.05) is 13.0 Å². The molecule has 3 aliphatic heterocycles. The van der Waals surface area contributed by atoms with Gasteiger partial charge in [0.25, 0.3) is 0 Å². The molecule has 472 valence electrons. The number of unbranched alkanes of at least 4 members (excludes halogenated alkanes) is 32. The molecule has 0 radical (unpaired) electrons. The molecule has 0 bridgehead atoms. The molecule has 0 saturated carbocycles. The lowest BCUT2D eigenvalue weighted by atomic mass is 9.96. The molecule has 3 fully saturated rings. The minimum atomic E-state index is -1.97. The molecule has 0 aliphatic carbocycles. The van der Waals surface area contributed by atoms with Gasteiger partial charge in [-0.2, -0.15) is 0 Å². The van der Waals surface area contributed by atoms with Gasteiger partial charge in [-0.15, -0.1) is 0 Å². The Labute approximate surface area is 480 Å². The first kappa shape index (κ1) is 72.8. The Balaban J connectivity index is 1.29. The molecule has 0 aromatic rings. The summed E-state index contributed by atoms with van der Waals surface area (Å²) in [7, 11) is 0. The fourth-order valence-electron chi connectivity index (χ4n) is 11.1. The van der Waals surface area contributed by atoms with E-state index < -0.39 is 124 Å². The fourth-order valence-corrected chi connectivity index (χ4v) is 11.1. The number of carbonyl (C=O) groups is 1. The van der Waals surface area contributed by atoms with Crippen LogP contribution >= 0.6 is 0 Å². The summed E-state index contributed by atoms with van der Waals surface area (Å²) < 4.78 is 34.0. The van der Waals surface area contributed by atoms with Crippen molar-refractivity contribution in [2.45, 2.75) is 343 Å². The number of aliphatic hydroxyl groups excluding tert-OH is 11. The summed E-state index contributed by atoms with van der Waals surface area (Å²) in [6.45, 7) is 1.54. The summed E-state index contributed by atoms with van der Waals surface area (Å²) >= 11 is 0. The van der Waals surface area contributed by atoms with E-state index in [0.29, 0.717) is 6.42 Å². The highest BCUT2D eigenvalue weighted by atomic mass is 16.8. The molecule has 3 saturated heterocycles. The van der Waals surface area contributed by atoms with Crippen molar-refractivity contribution in [1.82, 2.24) is 5.32 Å². The molecule has 17 unspecified atom stereocenters. The van der Waals surface area contributed by atoms with E-state index >= 15 is 0 Å². The largest absolute Gasteiger partial charge is 0.394 e. The molecular weight excluding hydrogens is 1030 g/mol. The molecule has 3 rings (SSSR count). The van der Waals surface area contributed by atoms with Crippen LogP contribution in [0.3, 0.4) is 0 Å². The Morgan fingerprint density at radius 1 is 0.438 bits per heavy atom. The molecule has 0 spiro atoms. The van der Waals surface area contributed by atoms with Crippen molar-refractivity contribution >= 4 is 5.91 Å². The molecule has 12 N–H and O–H groups in total. The van der Waals surface area contributed by atoms with Crippen molar-refractivity contribution in [1.29, 1.82) is 0 Å². The number of hydrogen-bond donors (Lipinski definition) is 12. The zero-order valence-corrected chi connectivity index (χ0v) is 49.3. The van der Waals surface area contributed by atoms with Gasteiger partial charge in [0.2, 0.25) is 5.91 Å². The number of carbonyl (C=O) groups excluding carboxylic acids is 1. The molecule has 19 nitrogen and oxygen atoms in total. The smallest absolute Gasteiger partial charge is 0.220 e.